The monoisotopic (exact) mass is 324 g/mol. The number of hydrogen-bond acceptors (Lipinski definition) is 4. The number of likely N-dealkylation sites (tertiary alicyclic amines) is 1. The Balaban J connectivity index is 1.62. The third-order valence-corrected chi connectivity index (χ3v) is 4.57. The van der Waals surface area contributed by atoms with Crippen molar-refractivity contribution >= 4 is 5.91 Å². The molecule has 2 aliphatic rings. The number of aromatic nitrogens is 1. The molecule has 1 fully saturated rings. The fraction of sp³-hybridized carbons (Fsp3) is 0.368. The van der Waals surface area contributed by atoms with Crippen molar-refractivity contribution in [2.45, 2.75) is 25.8 Å². The first-order valence-electron chi connectivity index (χ1n) is 8.36. The Kier molecular flexibility index (Phi) is 3.84. The normalized spacial score (nSPS) is 19.4. The largest absolute Gasteiger partial charge is 0.486 e. The van der Waals surface area contributed by atoms with Crippen LogP contribution in [0.4, 0.5) is 0 Å². The molecule has 2 aliphatic heterocycles. The molecule has 5 heteroatoms. The average molecular weight is 324 g/mol. The van der Waals surface area contributed by atoms with E-state index >= 15 is 0 Å². The van der Waals surface area contributed by atoms with Gasteiger partial charge in [0.15, 0.2) is 11.5 Å². The number of carbonyl (C=O) groups is 1. The number of rotatable bonds is 2. The summed E-state index contributed by atoms with van der Waals surface area (Å²) in [6.45, 7) is 3.81. The molecule has 5 nitrogen and oxygen atoms in total. The van der Waals surface area contributed by atoms with E-state index in [0.717, 1.165) is 42.1 Å². The van der Waals surface area contributed by atoms with Gasteiger partial charge >= 0.3 is 0 Å². The average Bonchev–Trinajstić information content (AvgIpc) is 3.10. The summed E-state index contributed by atoms with van der Waals surface area (Å²) < 4.78 is 11.3. The van der Waals surface area contributed by atoms with Gasteiger partial charge in [0.1, 0.15) is 18.9 Å². The van der Waals surface area contributed by atoms with E-state index < -0.39 is 0 Å². The van der Waals surface area contributed by atoms with Crippen LogP contribution in [0, 0.1) is 6.92 Å². The quantitative estimate of drug-likeness (QED) is 0.851. The molecule has 2 aromatic rings. The van der Waals surface area contributed by atoms with Gasteiger partial charge in [-0.1, -0.05) is 12.1 Å². The van der Waals surface area contributed by atoms with Gasteiger partial charge in [0, 0.05) is 12.2 Å². The third kappa shape index (κ3) is 2.70. The van der Waals surface area contributed by atoms with E-state index in [1.165, 1.54) is 0 Å². The van der Waals surface area contributed by atoms with Gasteiger partial charge in [0.25, 0.3) is 5.91 Å². The summed E-state index contributed by atoms with van der Waals surface area (Å²) >= 11 is 0. The lowest BCUT2D eigenvalue weighted by Crippen LogP contribution is -2.31. The molecule has 3 heterocycles. The van der Waals surface area contributed by atoms with Crippen LogP contribution in [0.1, 0.15) is 40.6 Å². The molecule has 0 bridgehead atoms. The van der Waals surface area contributed by atoms with Crippen LogP contribution < -0.4 is 9.47 Å². The Hall–Kier alpha value is -2.56. The fourth-order valence-electron chi connectivity index (χ4n) is 3.43. The van der Waals surface area contributed by atoms with Crippen LogP contribution in [0.2, 0.25) is 0 Å². The van der Waals surface area contributed by atoms with E-state index in [4.69, 9.17) is 9.47 Å². The van der Waals surface area contributed by atoms with Crippen molar-refractivity contribution in [1.82, 2.24) is 9.88 Å². The number of aryl methyl sites for hydroxylation is 1. The van der Waals surface area contributed by atoms with E-state index in [1.807, 2.05) is 42.2 Å². The molecular weight excluding hydrogens is 304 g/mol. The highest BCUT2D eigenvalue weighted by molar-refractivity contribution is 5.92. The van der Waals surface area contributed by atoms with E-state index in [9.17, 15) is 4.79 Å². The smallest absolute Gasteiger partial charge is 0.272 e. The highest BCUT2D eigenvalue weighted by atomic mass is 16.6. The van der Waals surface area contributed by atoms with Crippen molar-refractivity contribution in [1.29, 1.82) is 0 Å². The summed E-state index contributed by atoms with van der Waals surface area (Å²) in [7, 11) is 0. The molecule has 124 valence electrons. The van der Waals surface area contributed by atoms with Crippen LogP contribution in [-0.4, -0.2) is 35.5 Å². The minimum atomic E-state index is -0.00362. The van der Waals surface area contributed by atoms with E-state index in [0.29, 0.717) is 18.9 Å². The van der Waals surface area contributed by atoms with Crippen LogP contribution in [0.5, 0.6) is 11.5 Å². The van der Waals surface area contributed by atoms with Crippen LogP contribution in [0.3, 0.4) is 0 Å². The summed E-state index contributed by atoms with van der Waals surface area (Å²) in [5, 5.41) is 0. The van der Waals surface area contributed by atoms with Gasteiger partial charge in [-0.3, -0.25) is 4.79 Å². The molecule has 1 aromatic carbocycles. The van der Waals surface area contributed by atoms with Crippen LogP contribution >= 0.6 is 0 Å². The van der Waals surface area contributed by atoms with Crippen molar-refractivity contribution in [2.75, 3.05) is 19.8 Å². The Morgan fingerprint density at radius 3 is 2.83 bits per heavy atom. The van der Waals surface area contributed by atoms with Crippen LogP contribution in [0.15, 0.2) is 36.4 Å². The topological polar surface area (TPSA) is 51.7 Å². The number of ether oxygens (including phenoxy) is 2. The second-order valence-electron chi connectivity index (χ2n) is 6.22. The van der Waals surface area contributed by atoms with Crippen molar-refractivity contribution in [2.24, 2.45) is 0 Å². The number of hydrogen-bond donors (Lipinski definition) is 0. The zero-order chi connectivity index (χ0) is 16.5. The Morgan fingerprint density at radius 2 is 2.00 bits per heavy atom. The van der Waals surface area contributed by atoms with Gasteiger partial charge in [-0.25, -0.2) is 4.98 Å². The van der Waals surface area contributed by atoms with E-state index in [2.05, 4.69) is 4.98 Å². The lowest BCUT2D eigenvalue weighted by atomic mass is 10.0. The summed E-state index contributed by atoms with van der Waals surface area (Å²) in [6.07, 6.45) is 1.95. The highest BCUT2D eigenvalue weighted by Gasteiger charge is 2.32. The molecular formula is C19H20N2O3. The predicted molar refractivity (Wildman–Crippen MR) is 89.4 cm³/mol. The summed E-state index contributed by atoms with van der Waals surface area (Å²) in [5.41, 5.74) is 2.47. The maximum absolute atomic E-state index is 12.9. The molecule has 1 saturated heterocycles. The Morgan fingerprint density at radius 1 is 1.17 bits per heavy atom. The van der Waals surface area contributed by atoms with E-state index in [1.54, 1.807) is 6.07 Å². The minimum absolute atomic E-state index is 0.00362. The first kappa shape index (κ1) is 15.0. The molecule has 0 saturated carbocycles. The number of nitrogens with zero attached hydrogens (tertiary/aromatic N) is 2. The molecule has 0 aliphatic carbocycles. The number of carbonyl (C=O) groups excluding carboxylic acids is 1. The maximum Gasteiger partial charge on any atom is 0.272 e. The van der Waals surface area contributed by atoms with Gasteiger partial charge in [-0.05, 0) is 49.6 Å². The number of benzene rings is 1. The third-order valence-electron chi connectivity index (χ3n) is 4.57. The van der Waals surface area contributed by atoms with Gasteiger partial charge < -0.3 is 14.4 Å². The van der Waals surface area contributed by atoms with Crippen molar-refractivity contribution in [3.8, 4) is 11.5 Å². The zero-order valence-electron chi connectivity index (χ0n) is 13.7. The SMILES string of the molecule is Cc1cccc(C(=O)N2CCC[C@H]2c2ccc3c(c2)OCCO3)n1. The van der Waals surface area contributed by atoms with Crippen LogP contribution in [0.25, 0.3) is 0 Å². The molecule has 1 aromatic heterocycles. The number of fused-ring (bicyclic) bond motifs is 1. The van der Waals surface area contributed by atoms with Gasteiger partial charge in [0.05, 0.1) is 6.04 Å². The summed E-state index contributed by atoms with van der Waals surface area (Å²) in [5.74, 6) is 1.55. The second kappa shape index (κ2) is 6.15. The van der Waals surface area contributed by atoms with Gasteiger partial charge in [-0.2, -0.15) is 0 Å². The summed E-state index contributed by atoms with van der Waals surface area (Å²) in [6, 6.07) is 11.6. The van der Waals surface area contributed by atoms with Crippen molar-refractivity contribution < 1.29 is 14.3 Å². The molecule has 0 N–H and O–H groups in total. The fourth-order valence-corrected chi connectivity index (χ4v) is 3.43. The number of amides is 1. The van der Waals surface area contributed by atoms with Crippen molar-refractivity contribution in [3.63, 3.8) is 0 Å². The second-order valence-corrected chi connectivity index (χ2v) is 6.22. The zero-order valence-corrected chi connectivity index (χ0v) is 13.7. The lowest BCUT2D eigenvalue weighted by molar-refractivity contribution is 0.0729. The first-order chi connectivity index (χ1) is 11.7. The molecule has 1 atom stereocenters. The molecule has 0 unspecified atom stereocenters. The highest BCUT2D eigenvalue weighted by Crippen LogP contribution is 2.38. The molecule has 0 spiro atoms. The van der Waals surface area contributed by atoms with Crippen LogP contribution in [-0.2, 0) is 0 Å². The molecule has 1 amide bonds. The standard InChI is InChI=1S/C19H20N2O3/c1-13-4-2-5-15(20-13)19(22)21-9-3-6-16(21)14-7-8-17-18(12-14)24-11-10-23-17/h2,4-5,7-8,12,16H,3,6,9-11H2,1H3/t16-/m0/s1. The lowest BCUT2D eigenvalue weighted by Gasteiger charge is -2.26. The molecule has 4 rings (SSSR count). The first-order valence-corrected chi connectivity index (χ1v) is 8.36. The van der Waals surface area contributed by atoms with Gasteiger partial charge in [-0.15, -0.1) is 0 Å². The predicted octanol–water partition coefficient (Wildman–Crippen LogP) is 3.14. The molecule has 0 radical (unpaired) electrons. The Labute approximate surface area is 141 Å². The number of pyridine rings is 1. The maximum atomic E-state index is 12.9. The van der Waals surface area contributed by atoms with Gasteiger partial charge in [0.2, 0.25) is 0 Å². The molecule has 24 heavy (non-hydrogen) atoms. The van der Waals surface area contributed by atoms with E-state index in [-0.39, 0.29) is 11.9 Å². The summed E-state index contributed by atoms with van der Waals surface area (Å²) in [4.78, 5) is 19.2. The minimum Gasteiger partial charge on any atom is -0.486 e. The van der Waals surface area contributed by atoms with Crippen molar-refractivity contribution in [3.05, 3.63) is 53.3 Å². The Bertz CT molecular complexity index is 775.